The molecule has 2 aromatic rings. The monoisotopic (exact) mass is 405 g/mol. The molecule has 0 saturated carbocycles. The molecule has 0 spiro atoms. The van der Waals surface area contributed by atoms with Crippen molar-refractivity contribution in [3.8, 4) is 0 Å². The number of sulfonamides is 1. The van der Waals surface area contributed by atoms with E-state index in [2.05, 4.69) is 10.3 Å². The quantitative estimate of drug-likeness (QED) is 0.746. The summed E-state index contributed by atoms with van der Waals surface area (Å²) in [5.74, 6) is 0.0801. The summed E-state index contributed by atoms with van der Waals surface area (Å²) in [5.41, 5.74) is 1.84. The molecule has 1 fully saturated rings. The van der Waals surface area contributed by atoms with Crippen molar-refractivity contribution in [1.82, 2.24) is 9.29 Å². The third kappa shape index (κ3) is 5.31. The van der Waals surface area contributed by atoms with E-state index in [1.807, 2.05) is 31.2 Å². The van der Waals surface area contributed by atoms with Crippen LogP contribution in [0, 0.1) is 6.92 Å². The number of piperidine rings is 1. The van der Waals surface area contributed by atoms with Crippen LogP contribution in [-0.4, -0.2) is 42.5 Å². The first-order valence-electron chi connectivity index (χ1n) is 8.91. The van der Waals surface area contributed by atoms with Crippen molar-refractivity contribution in [2.75, 3.05) is 24.2 Å². The number of aryl methyl sites for hydroxylation is 1. The lowest BCUT2D eigenvalue weighted by Crippen LogP contribution is -2.35. The van der Waals surface area contributed by atoms with Crippen molar-refractivity contribution in [3.05, 3.63) is 48.2 Å². The fourth-order valence-corrected chi connectivity index (χ4v) is 5.02. The first kappa shape index (κ1) is 19.9. The summed E-state index contributed by atoms with van der Waals surface area (Å²) in [7, 11) is -3.47. The highest BCUT2D eigenvalue weighted by atomic mass is 32.2. The highest BCUT2D eigenvalue weighted by molar-refractivity contribution is 7.99. The molecule has 1 saturated heterocycles. The van der Waals surface area contributed by atoms with Gasteiger partial charge in [-0.25, -0.2) is 13.4 Å². The molecule has 144 valence electrons. The molecule has 2 heterocycles. The number of carbonyl (C=O) groups is 1. The van der Waals surface area contributed by atoms with E-state index in [4.69, 9.17) is 0 Å². The van der Waals surface area contributed by atoms with Crippen molar-refractivity contribution < 1.29 is 13.2 Å². The van der Waals surface area contributed by atoms with Crippen molar-refractivity contribution >= 4 is 33.4 Å². The van der Waals surface area contributed by atoms with Crippen LogP contribution in [0.4, 0.5) is 5.69 Å². The summed E-state index contributed by atoms with van der Waals surface area (Å²) in [6, 6.07) is 10.8. The first-order chi connectivity index (χ1) is 12.9. The van der Waals surface area contributed by atoms with Gasteiger partial charge >= 0.3 is 0 Å². The van der Waals surface area contributed by atoms with Gasteiger partial charge in [0.05, 0.1) is 10.8 Å². The second kappa shape index (κ2) is 8.86. The smallest absolute Gasteiger partial charge is 0.244 e. The van der Waals surface area contributed by atoms with Gasteiger partial charge in [-0.1, -0.05) is 30.3 Å². The molecule has 1 N–H and O–H groups in total. The second-order valence-corrected chi connectivity index (χ2v) is 9.44. The summed E-state index contributed by atoms with van der Waals surface area (Å²) in [4.78, 5) is 16.5. The molecule has 27 heavy (non-hydrogen) atoms. The molecule has 8 heteroatoms. The number of amides is 1. The molecule has 1 aromatic heterocycles. The van der Waals surface area contributed by atoms with Gasteiger partial charge in [0, 0.05) is 25.0 Å². The maximum atomic E-state index is 12.6. The van der Waals surface area contributed by atoms with Crippen LogP contribution in [0.25, 0.3) is 0 Å². The van der Waals surface area contributed by atoms with E-state index in [0.717, 1.165) is 30.5 Å². The molecule has 0 bridgehead atoms. The summed E-state index contributed by atoms with van der Waals surface area (Å²) in [5, 5.41) is 3.46. The predicted molar refractivity (Wildman–Crippen MR) is 107 cm³/mol. The van der Waals surface area contributed by atoms with Gasteiger partial charge in [-0.15, -0.1) is 0 Å². The Morgan fingerprint density at radius 2 is 1.96 bits per heavy atom. The Labute approximate surface area is 164 Å². The molecular formula is C19H23N3O3S2. The molecule has 1 amide bonds. The van der Waals surface area contributed by atoms with Gasteiger partial charge in [0.2, 0.25) is 15.9 Å². The van der Waals surface area contributed by atoms with Crippen LogP contribution >= 0.6 is 11.8 Å². The average molecular weight is 406 g/mol. The van der Waals surface area contributed by atoms with Gasteiger partial charge in [-0.05, 0) is 49.6 Å². The zero-order chi connectivity index (χ0) is 19.3. The number of carbonyl (C=O) groups excluding carboxylic acids is 1. The van der Waals surface area contributed by atoms with Crippen molar-refractivity contribution in [2.45, 2.75) is 36.1 Å². The van der Waals surface area contributed by atoms with Gasteiger partial charge < -0.3 is 5.32 Å². The number of hydrogen-bond donors (Lipinski definition) is 1. The Morgan fingerprint density at radius 3 is 2.63 bits per heavy atom. The Kier molecular flexibility index (Phi) is 6.51. The minimum atomic E-state index is -3.47. The summed E-state index contributed by atoms with van der Waals surface area (Å²) >= 11 is 1.28. The summed E-state index contributed by atoms with van der Waals surface area (Å²) in [6.07, 6.45) is 4.25. The fourth-order valence-electron chi connectivity index (χ4n) is 2.92. The third-order valence-corrected chi connectivity index (χ3v) is 7.14. The number of thioether (sulfide) groups is 1. The van der Waals surface area contributed by atoms with Gasteiger partial charge in [0.1, 0.15) is 4.90 Å². The predicted octanol–water partition coefficient (Wildman–Crippen LogP) is 3.30. The maximum absolute atomic E-state index is 12.6. The molecule has 0 atom stereocenters. The van der Waals surface area contributed by atoms with E-state index in [-0.39, 0.29) is 16.6 Å². The second-order valence-electron chi connectivity index (χ2n) is 6.50. The van der Waals surface area contributed by atoms with Crippen LogP contribution in [0.2, 0.25) is 0 Å². The third-order valence-electron chi connectivity index (χ3n) is 4.31. The lowest BCUT2D eigenvalue weighted by molar-refractivity contribution is -0.113. The molecule has 0 radical (unpaired) electrons. The van der Waals surface area contributed by atoms with Crippen LogP contribution < -0.4 is 5.32 Å². The highest BCUT2D eigenvalue weighted by Crippen LogP contribution is 2.22. The zero-order valence-electron chi connectivity index (χ0n) is 15.2. The highest BCUT2D eigenvalue weighted by Gasteiger charge is 2.26. The molecule has 0 unspecified atom stereocenters. The molecule has 3 rings (SSSR count). The lowest BCUT2D eigenvalue weighted by atomic mass is 10.2. The topological polar surface area (TPSA) is 79.4 Å². The number of hydrogen-bond acceptors (Lipinski definition) is 5. The maximum Gasteiger partial charge on any atom is 0.244 e. The summed E-state index contributed by atoms with van der Waals surface area (Å²) < 4.78 is 26.7. The Morgan fingerprint density at radius 1 is 1.19 bits per heavy atom. The SMILES string of the molecule is Cc1cccc(NC(=O)CSc2ccc(S(=O)(=O)N3CCCCC3)cn2)c1. The fraction of sp³-hybridized carbons (Fsp3) is 0.368. The number of benzene rings is 1. The number of aromatic nitrogens is 1. The van der Waals surface area contributed by atoms with Gasteiger partial charge in [0.25, 0.3) is 0 Å². The number of anilines is 1. The van der Waals surface area contributed by atoms with Crippen molar-refractivity contribution in [1.29, 1.82) is 0 Å². The van der Waals surface area contributed by atoms with Crippen LogP contribution in [-0.2, 0) is 14.8 Å². The van der Waals surface area contributed by atoms with Crippen LogP contribution in [0.1, 0.15) is 24.8 Å². The number of rotatable bonds is 6. The van der Waals surface area contributed by atoms with Crippen LogP contribution in [0.3, 0.4) is 0 Å². The summed E-state index contributed by atoms with van der Waals surface area (Å²) in [6.45, 7) is 3.10. The van der Waals surface area contributed by atoms with E-state index in [9.17, 15) is 13.2 Å². The molecule has 6 nitrogen and oxygen atoms in total. The van der Waals surface area contributed by atoms with E-state index in [0.29, 0.717) is 18.1 Å². The molecule has 1 aliphatic heterocycles. The molecule has 1 aliphatic rings. The Hall–Kier alpha value is -1.90. The average Bonchev–Trinajstić information content (AvgIpc) is 2.67. The minimum absolute atomic E-state index is 0.127. The number of nitrogens with zero attached hydrogens (tertiary/aromatic N) is 2. The largest absolute Gasteiger partial charge is 0.325 e. The van der Waals surface area contributed by atoms with Gasteiger partial charge in [0.15, 0.2) is 0 Å². The van der Waals surface area contributed by atoms with Gasteiger partial charge in [-0.2, -0.15) is 4.31 Å². The van der Waals surface area contributed by atoms with E-state index in [1.165, 1.54) is 22.3 Å². The lowest BCUT2D eigenvalue weighted by Gasteiger charge is -2.25. The minimum Gasteiger partial charge on any atom is -0.325 e. The first-order valence-corrected chi connectivity index (χ1v) is 11.3. The Balaban J connectivity index is 1.56. The van der Waals surface area contributed by atoms with Crippen molar-refractivity contribution in [2.24, 2.45) is 0 Å². The van der Waals surface area contributed by atoms with E-state index < -0.39 is 10.0 Å². The van der Waals surface area contributed by atoms with Gasteiger partial charge in [-0.3, -0.25) is 4.79 Å². The molecular weight excluding hydrogens is 382 g/mol. The number of pyridine rings is 1. The molecule has 0 aliphatic carbocycles. The van der Waals surface area contributed by atoms with Crippen molar-refractivity contribution in [3.63, 3.8) is 0 Å². The van der Waals surface area contributed by atoms with E-state index >= 15 is 0 Å². The number of nitrogens with one attached hydrogen (secondary N) is 1. The van der Waals surface area contributed by atoms with E-state index in [1.54, 1.807) is 12.1 Å². The zero-order valence-corrected chi connectivity index (χ0v) is 16.9. The normalized spacial score (nSPS) is 15.4. The molecule has 1 aromatic carbocycles. The standard InChI is InChI=1S/C19H23N3O3S2/c1-15-6-5-7-16(12-15)21-18(23)14-26-19-9-8-17(13-20-19)27(24,25)22-10-3-2-4-11-22/h5-9,12-13H,2-4,10-11,14H2,1H3,(H,21,23). The van der Waals surface area contributed by atoms with Crippen LogP contribution in [0.5, 0.6) is 0 Å². The Bertz CT molecular complexity index is 893. The van der Waals surface area contributed by atoms with Crippen LogP contribution in [0.15, 0.2) is 52.5 Å².